The van der Waals surface area contributed by atoms with Gasteiger partial charge >= 0.3 is 5.97 Å². The standard InChI is InChI=1S/C17H24O2/c1-5-13(6-2)16(11-17(18)19)15-9-7-14(8-10-15)12(3)4/h7-13H,5-6H2,1-4H3,(H,18,19)/b16-11+. The number of aliphatic carboxylic acids is 1. The third-order valence-corrected chi connectivity index (χ3v) is 3.62. The second kappa shape index (κ2) is 7.13. The van der Waals surface area contributed by atoms with Gasteiger partial charge in [0.15, 0.2) is 0 Å². The topological polar surface area (TPSA) is 37.3 Å². The van der Waals surface area contributed by atoms with Crippen molar-refractivity contribution >= 4 is 11.5 Å². The third-order valence-electron chi connectivity index (χ3n) is 3.62. The summed E-state index contributed by atoms with van der Waals surface area (Å²) in [6, 6.07) is 8.28. The van der Waals surface area contributed by atoms with Crippen LogP contribution < -0.4 is 0 Å². The average Bonchev–Trinajstić information content (AvgIpc) is 2.38. The van der Waals surface area contributed by atoms with Gasteiger partial charge in [0.25, 0.3) is 0 Å². The van der Waals surface area contributed by atoms with Gasteiger partial charge in [-0.2, -0.15) is 0 Å². The fourth-order valence-corrected chi connectivity index (χ4v) is 2.36. The summed E-state index contributed by atoms with van der Waals surface area (Å²) in [5.41, 5.74) is 3.25. The van der Waals surface area contributed by atoms with E-state index in [1.807, 2.05) is 12.1 Å². The Morgan fingerprint density at radius 2 is 1.68 bits per heavy atom. The minimum absolute atomic E-state index is 0.306. The maximum atomic E-state index is 11.0. The van der Waals surface area contributed by atoms with Gasteiger partial charge in [0.2, 0.25) is 0 Å². The predicted octanol–water partition coefficient (Wildman–Crippen LogP) is 4.71. The van der Waals surface area contributed by atoms with E-state index in [-0.39, 0.29) is 0 Å². The molecule has 0 aromatic heterocycles. The normalized spacial score (nSPS) is 12.2. The number of hydrogen-bond acceptors (Lipinski definition) is 1. The van der Waals surface area contributed by atoms with Crippen LogP contribution in [0, 0.1) is 5.92 Å². The van der Waals surface area contributed by atoms with Gasteiger partial charge in [0.05, 0.1) is 0 Å². The van der Waals surface area contributed by atoms with E-state index in [2.05, 4.69) is 39.8 Å². The summed E-state index contributed by atoms with van der Waals surface area (Å²) >= 11 is 0. The molecule has 0 aliphatic rings. The molecule has 1 rings (SSSR count). The molecule has 0 saturated carbocycles. The highest BCUT2D eigenvalue weighted by atomic mass is 16.4. The molecular formula is C17H24O2. The van der Waals surface area contributed by atoms with Crippen LogP contribution in [0.5, 0.6) is 0 Å². The highest BCUT2D eigenvalue weighted by Gasteiger charge is 2.14. The molecule has 0 fully saturated rings. The van der Waals surface area contributed by atoms with Crippen LogP contribution in [0.25, 0.3) is 5.57 Å². The molecule has 2 heteroatoms. The summed E-state index contributed by atoms with van der Waals surface area (Å²) < 4.78 is 0. The van der Waals surface area contributed by atoms with Crippen LogP contribution in [0.15, 0.2) is 30.3 Å². The van der Waals surface area contributed by atoms with Crippen molar-refractivity contribution in [2.24, 2.45) is 5.92 Å². The Bertz CT molecular complexity index is 437. The predicted molar refractivity (Wildman–Crippen MR) is 80.2 cm³/mol. The molecule has 0 spiro atoms. The SMILES string of the molecule is CCC(CC)/C(=C\C(=O)O)c1ccc(C(C)C)cc1. The second-order valence-electron chi connectivity index (χ2n) is 5.23. The zero-order chi connectivity index (χ0) is 14.4. The van der Waals surface area contributed by atoms with Crippen molar-refractivity contribution in [1.29, 1.82) is 0 Å². The van der Waals surface area contributed by atoms with Gasteiger partial charge in [-0.15, -0.1) is 0 Å². The number of carboxylic acids is 1. The number of hydrogen-bond donors (Lipinski definition) is 1. The molecule has 0 unspecified atom stereocenters. The van der Waals surface area contributed by atoms with Crippen LogP contribution in [0.4, 0.5) is 0 Å². The van der Waals surface area contributed by atoms with E-state index >= 15 is 0 Å². The summed E-state index contributed by atoms with van der Waals surface area (Å²) in [5.74, 6) is -0.0649. The molecule has 1 aromatic rings. The lowest BCUT2D eigenvalue weighted by Crippen LogP contribution is -2.04. The molecule has 0 heterocycles. The molecule has 0 saturated heterocycles. The molecule has 1 N–H and O–H groups in total. The van der Waals surface area contributed by atoms with Gasteiger partial charge in [0, 0.05) is 6.08 Å². The Labute approximate surface area is 116 Å². The maximum absolute atomic E-state index is 11.0. The van der Waals surface area contributed by atoms with Crippen molar-refractivity contribution in [3.05, 3.63) is 41.5 Å². The van der Waals surface area contributed by atoms with Crippen molar-refractivity contribution in [3.8, 4) is 0 Å². The van der Waals surface area contributed by atoms with Gasteiger partial charge in [-0.05, 0) is 41.4 Å². The highest BCUT2D eigenvalue weighted by molar-refractivity contribution is 5.90. The number of allylic oxidation sites excluding steroid dienone is 1. The lowest BCUT2D eigenvalue weighted by molar-refractivity contribution is -0.131. The fraction of sp³-hybridized carbons (Fsp3) is 0.471. The van der Waals surface area contributed by atoms with E-state index in [4.69, 9.17) is 5.11 Å². The van der Waals surface area contributed by atoms with Crippen LogP contribution in [0.1, 0.15) is 57.6 Å². The molecular weight excluding hydrogens is 236 g/mol. The monoisotopic (exact) mass is 260 g/mol. The summed E-state index contributed by atoms with van der Waals surface area (Å²) in [6.07, 6.45) is 3.28. The third kappa shape index (κ3) is 4.23. The first-order valence-electron chi connectivity index (χ1n) is 7.04. The smallest absolute Gasteiger partial charge is 0.328 e. The largest absolute Gasteiger partial charge is 0.478 e. The van der Waals surface area contributed by atoms with Crippen LogP contribution in [0.3, 0.4) is 0 Å². The Kier molecular flexibility index (Phi) is 5.81. The van der Waals surface area contributed by atoms with Crippen LogP contribution in [0.2, 0.25) is 0 Å². The Hall–Kier alpha value is -1.57. The summed E-state index contributed by atoms with van der Waals surface area (Å²) in [7, 11) is 0. The second-order valence-corrected chi connectivity index (χ2v) is 5.23. The van der Waals surface area contributed by atoms with E-state index in [0.717, 1.165) is 24.0 Å². The molecule has 0 aliphatic heterocycles. The summed E-state index contributed by atoms with van der Waals surface area (Å²) in [5, 5.41) is 9.05. The minimum atomic E-state index is -0.866. The Morgan fingerprint density at radius 3 is 2.05 bits per heavy atom. The van der Waals surface area contributed by atoms with Crippen molar-refractivity contribution in [2.45, 2.75) is 46.5 Å². The number of carboxylic acid groups (broad SMARTS) is 1. The molecule has 19 heavy (non-hydrogen) atoms. The number of benzene rings is 1. The lowest BCUT2D eigenvalue weighted by atomic mass is 9.87. The summed E-state index contributed by atoms with van der Waals surface area (Å²) in [4.78, 5) is 11.0. The lowest BCUT2D eigenvalue weighted by Gasteiger charge is -2.18. The van der Waals surface area contributed by atoms with E-state index in [1.54, 1.807) is 0 Å². The van der Waals surface area contributed by atoms with Gasteiger partial charge in [-0.25, -0.2) is 4.79 Å². The molecule has 0 radical (unpaired) electrons. The highest BCUT2D eigenvalue weighted by Crippen LogP contribution is 2.29. The molecule has 0 atom stereocenters. The zero-order valence-corrected chi connectivity index (χ0v) is 12.3. The van der Waals surface area contributed by atoms with Gasteiger partial charge in [0.1, 0.15) is 0 Å². The quantitative estimate of drug-likeness (QED) is 0.752. The van der Waals surface area contributed by atoms with Crippen molar-refractivity contribution < 1.29 is 9.90 Å². The first-order chi connectivity index (χ1) is 8.99. The molecule has 0 bridgehead atoms. The number of rotatable bonds is 6. The Balaban J connectivity index is 3.14. The van der Waals surface area contributed by atoms with Gasteiger partial charge in [-0.3, -0.25) is 0 Å². The molecule has 2 nitrogen and oxygen atoms in total. The summed E-state index contributed by atoms with van der Waals surface area (Å²) in [6.45, 7) is 8.52. The zero-order valence-electron chi connectivity index (χ0n) is 12.3. The van der Waals surface area contributed by atoms with Gasteiger partial charge in [-0.1, -0.05) is 52.0 Å². The minimum Gasteiger partial charge on any atom is -0.478 e. The van der Waals surface area contributed by atoms with Crippen molar-refractivity contribution in [2.75, 3.05) is 0 Å². The van der Waals surface area contributed by atoms with E-state index in [9.17, 15) is 4.79 Å². The van der Waals surface area contributed by atoms with Crippen LogP contribution in [-0.2, 0) is 4.79 Å². The molecule has 0 aliphatic carbocycles. The first kappa shape index (κ1) is 15.5. The Morgan fingerprint density at radius 1 is 1.16 bits per heavy atom. The van der Waals surface area contributed by atoms with Crippen LogP contribution in [-0.4, -0.2) is 11.1 Å². The van der Waals surface area contributed by atoms with E-state index in [0.29, 0.717) is 11.8 Å². The maximum Gasteiger partial charge on any atom is 0.328 e. The van der Waals surface area contributed by atoms with Gasteiger partial charge < -0.3 is 5.11 Å². The average molecular weight is 260 g/mol. The van der Waals surface area contributed by atoms with E-state index in [1.165, 1.54) is 11.6 Å². The molecule has 0 amide bonds. The first-order valence-corrected chi connectivity index (χ1v) is 7.04. The van der Waals surface area contributed by atoms with Crippen molar-refractivity contribution in [3.63, 3.8) is 0 Å². The van der Waals surface area contributed by atoms with Crippen LogP contribution >= 0.6 is 0 Å². The molecule has 104 valence electrons. The number of carbonyl (C=O) groups is 1. The fourth-order valence-electron chi connectivity index (χ4n) is 2.36. The molecule has 1 aromatic carbocycles. The van der Waals surface area contributed by atoms with Crippen molar-refractivity contribution in [1.82, 2.24) is 0 Å². The van der Waals surface area contributed by atoms with E-state index < -0.39 is 5.97 Å².